The molecule has 0 spiro atoms. The molecule has 0 aromatic heterocycles. The van der Waals surface area contributed by atoms with E-state index in [0.717, 1.165) is 31.4 Å². The van der Waals surface area contributed by atoms with Gasteiger partial charge in [-0.2, -0.15) is 0 Å². The Morgan fingerprint density at radius 1 is 1.23 bits per heavy atom. The average molecular weight is 185 g/mol. The number of hydrogen-bond donors (Lipinski definition) is 1. The summed E-state index contributed by atoms with van der Waals surface area (Å²) in [6.07, 6.45) is 5.52. The lowest BCUT2D eigenvalue weighted by Crippen LogP contribution is -2.33. The van der Waals surface area contributed by atoms with Crippen LogP contribution in [0.3, 0.4) is 0 Å². The molecule has 1 rings (SSSR count). The van der Waals surface area contributed by atoms with Gasteiger partial charge < -0.3 is 10.5 Å². The highest BCUT2D eigenvalue weighted by molar-refractivity contribution is 4.78. The van der Waals surface area contributed by atoms with E-state index in [1.54, 1.807) is 0 Å². The Morgan fingerprint density at radius 2 is 1.85 bits per heavy atom. The topological polar surface area (TPSA) is 35.2 Å². The number of ether oxygens (including phenoxy) is 1. The summed E-state index contributed by atoms with van der Waals surface area (Å²) in [4.78, 5) is 0. The van der Waals surface area contributed by atoms with E-state index < -0.39 is 0 Å². The van der Waals surface area contributed by atoms with Crippen LogP contribution in [0.15, 0.2) is 0 Å². The maximum Gasteiger partial charge on any atom is 0.0626 e. The van der Waals surface area contributed by atoms with Gasteiger partial charge in [-0.3, -0.25) is 0 Å². The molecule has 1 saturated carbocycles. The Labute approximate surface area is 81.8 Å². The Kier molecular flexibility index (Phi) is 4.74. The fraction of sp³-hybridized carbons (Fsp3) is 1.00. The van der Waals surface area contributed by atoms with Crippen molar-refractivity contribution in [2.45, 2.75) is 45.6 Å². The Morgan fingerprint density at radius 3 is 2.38 bits per heavy atom. The predicted octanol–water partition coefficient (Wildman–Crippen LogP) is 2.18. The highest BCUT2D eigenvalue weighted by atomic mass is 16.5. The first-order valence-corrected chi connectivity index (χ1v) is 5.57. The smallest absolute Gasteiger partial charge is 0.0626 e. The second kappa shape index (κ2) is 5.61. The molecule has 0 heterocycles. The molecular formula is C11H23NO. The molecule has 0 saturated heterocycles. The molecule has 78 valence electrons. The Balaban J connectivity index is 2.26. The zero-order valence-corrected chi connectivity index (χ0v) is 8.96. The first-order chi connectivity index (χ1) is 6.25. The summed E-state index contributed by atoms with van der Waals surface area (Å²) in [6.45, 7) is 6.21. The summed E-state index contributed by atoms with van der Waals surface area (Å²) in [5.74, 6) is 1.48. The first kappa shape index (κ1) is 11.0. The molecule has 2 N–H and O–H groups in total. The van der Waals surface area contributed by atoms with E-state index in [9.17, 15) is 0 Å². The largest absolute Gasteiger partial charge is 0.378 e. The molecule has 1 aliphatic rings. The zero-order chi connectivity index (χ0) is 9.68. The van der Waals surface area contributed by atoms with Crippen LogP contribution in [0.1, 0.15) is 39.5 Å². The van der Waals surface area contributed by atoms with Gasteiger partial charge in [0.05, 0.1) is 6.10 Å². The molecule has 0 amide bonds. The van der Waals surface area contributed by atoms with Crippen molar-refractivity contribution in [1.82, 2.24) is 0 Å². The van der Waals surface area contributed by atoms with Crippen LogP contribution in [0, 0.1) is 11.8 Å². The first-order valence-electron chi connectivity index (χ1n) is 5.57. The third-order valence-corrected chi connectivity index (χ3v) is 3.10. The molecular weight excluding hydrogens is 162 g/mol. The van der Waals surface area contributed by atoms with Crippen LogP contribution in [-0.2, 0) is 4.74 Å². The standard InChI is InChI=1S/C11H23NO/c1-9-5-3-6-10(2)11(9)13-8-4-7-12/h9-11H,3-8,12H2,1-2H3. The van der Waals surface area contributed by atoms with Crippen molar-refractivity contribution in [2.24, 2.45) is 17.6 Å². The molecule has 1 aliphatic carbocycles. The number of rotatable bonds is 4. The van der Waals surface area contributed by atoms with Crippen molar-refractivity contribution in [3.8, 4) is 0 Å². The monoisotopic (exact) mass is 185 g/mol. The third-order valence-electron chi connectivity index (χ3n) is 3.10. The van der Waals surface area contributed by atoms with Crippen molar-refractivity contribution < 1.29 is 4.74 Å². The fourth-order valence-electron chi connectivity index (χ4n) is 2.28. The second-order valence-electron chi connectivity index (χ2n) is 4.36. The van der Waals surface area contributed by atoms with E-state index in [-0.39, 0.29) is 0 Å². The van der Waals surface area contributed by atoms with Gasteiger partial charge in [-0.1, -0.05) is 20.3 Å². The summed E-state index contributed by atoms with van der Waals surface area (Å²) in [5, 5.41) is 0. The zero-order valence-electron chi connectivity index (χ0n) is 8.96. The molecule has 2 heteroatoms. The van der Waals surface area contributed by atoms with Crippen LogP contribution >= 0.6 is 0 Å². The summed E-state index contributed by atoms with van der Waals surface area (Å²) in [7, 11) is 0. The molecule has 0 radical (unpaired) electrons. The highest BCUT2D eigenvalue weighted by Crippen LogP contribution is 2.31. The molecule has 0 bridgehead atoms. The van der Waals surface area contributed by atoms with E-state index in [1.165, 1.54) is 19.3 Å². The van der Waals surface area contributed by atoms with Crippen molar-refractivity contribution in [1.29, 1.82) is 0 Å². The van der Waals surface area contributed by atoms with Gasteiger partial charge >= 0.3 is 0 Å². The van der Waals surface area contributed by atoms with Gasteiger partial charge in [0, 0.05) is 6.61 Å². The quantitative estimate of drug-likeness (QED) is 0.681. The maximum absolute atomic E-state index is 5.87. The number of hydrogen-bond acceptors (Lipinski definition) is 2. The van der Waals surface area contributed by atoms with E-state index >= 15 is 0 Å². The maximum atomic E-state index is 5.87. The Hall–Kier alpha value is -0.0800. The molecule has 1 fully saturated rings. The van der Waals surface area contributed by atoms with Gasteiger partial charge in [0.1, 0.15) is 0 Å². The summed E-state index contributed by atoms with van der Waals surface area (Å²) >= 11 is 0. The third kappa shape index (κ3) is 3.28. The van der Waals surface area contributed by atoms with Crippen molar-refractivity contribution in [3.05, 3.63) is 0 Å². The van der Waals surface area contributed by atoms with Crippen LogP contribution in [0.2, 0.25) is 0 Å². The molecule has 2 nitrogen and oxygen atoms in total. The van der Waals surface area contributed by atoms with Gasteiger partial charge in [0.15, 0.2) is 0 Å². The minimum Gasteiger partial charge on any atom is -0.378 e. The Bertz CT molecular complexity index is 128. The summed E-state index contributed by atoms with van der Waals surface area (Å²) < 4.78 is 5.87. The van der Waals surface area contributed by atoms with Crippen LogP contribution < -0.4 is 5.73 Å². The van der Waals surface area contributed by atoms with Gasteiger partial charge in [0.25, 0.3) is 0 Å². The predicted molar refractivity (Wildman–Crippen MR) is 55.6 cm³/mol. The fourth-order valence-corrected chi connectivity index (χ4v) is 2.28. The number of nitrogens with two attached hydrogens (primary N) is 1. The van der Waals surface area contributed by atoms with E-state index in [4.69, 9.17) is 10.5 Å². The van der Waals surface area contributed by atoms with Gasteiger partial charge in [-0.15, -0.1) is 0 Å². The van der Waals surface area contributed by atoms with Gasteiger partial charge in [-0.05, 0) is 37.6 Å². The van der Waals surface area contributed by atoms with E-state index in [2.05, 4.69) is 13.8 Å². The molecule has 0 aromatic rings. The van der Waals surface area contributed by atoms with Gasteiger partial charge in [0.2, 0.25) is 0 Å². The van der Waals surface area contributed by atoms with Crippen LogP contribution in [0.5, 0.6) is 0 Å². The SMILES string of the molecule is CC1CCCC(C)C1OCCCN. The molecule has 2 atom stereocenters. The molecule has 13 heavy (non-hydrogen) atoms. The minimum atomic E-state index is 0.486. The van der Waals surface area contributed by atoms with Crippen LogP contribution in [0.25, 0.3) is 0 Å². The minimum absolute atomic E-state index is 0.486. The van der Waals surface area contributed by atoms with E-state index in [1.807, 2.05) is 0 Å². The summed E-state index contributed by atoms with van der Waals surface area (Å²) in [6, 6.07) is 0. The molecule has 2 unspecified atom stereocenters. The molecule has 0 aliphatic heterocycles. The van der Waals surface area contributed by atoms with Crippen LogP contribution in [0.4, 0.5) is 0 Å². The average Bonchev–Trinajstić information content (AvgIpc) is 2.10. The lowest BCUT2D eigenvalue weighted by molar-refractivity contribution is -0.0377. The second-order valence-corrected chi connectivity index (χ2v) is 4.36. The highest BCUT2D eigenvalue weighted by Gasteiger charge is 2.27. The lowest BCUT2D eigenvalue weighted by Gasteiger charge is -2.34. The van der Waals surface area contributed by atoms with Crippen molar-refractivity contribution in [3.63, 3.8) is 0 Å². The van der Waals surface area contributed by atoms with Crippen molar-refractivity contribution >= 4 is 0 Å². The van der Waals surface area contributed by atoms with Crippen molar-refractivity contribution in [2.75, 3.05) is 13.2 Å². The normalized spacial score (nSPS) is 34.8. The van der Waals surface area contributed by atoms with Gasteiger partial charge in [-0.25, -0.2) is 0 Å². The lowest BCUT2D eigenvalue weighted by atomic mass is 9.80. The van der Waals surface area contributed by atoms with Crippen LogP contribution in [-0.4, -0.2) is 19.3 Å². The van der Waals surface area contributed by atoms with E-state index in [0.29, 0.717) is 6.10 Å². The molecule has 0 aromatic carbocycles. The summed E-state index contributed by atoms with van der Waals surface area (Å²) in [5.41, 5.74) is 5.43.